The molecule has 0 saturated carbocycles. The van der Waals surface area contributed by atoms with E-state index in [0.29, 0.717) is 28.4 Å². The summed E-state index contributed by atoms with van der Waals surface area (Å²) in [6.45, 7) is -0.352. The second-order valence-electron chi connectivity index (χ2n) is 6.89. The molecule has 3 N–H and O–H groups in total. The highest BCUT2D eigenvalue weighted by molar-refractivity contribution is 6.39. The van der Waals surface area contributed by atoms with Crippen LogP contribution in [0.25, 0.3) is 0 Å². The van der Waals surface area contributed by atoms with Gasteiger partial charge in [-0.1, -0.05) is 29.8 Å². The maximum Gasteiger partial charge on any atom is 0.329 e. The van der Waals surface area contributed by atoms with Crippen LogP contribution < -0.4 is 25.5 Å². The van der Waals surface area contributed by atoms with Gasteiger partial charge in [0.2, 0.25) is 0 Å². The van der Waals surface area contributed by atoms with Crippen LogP contribution >= 0.6 is 11.6 Å². The smallest absolute Gasteiger partial charge is 0.329 e. The predicted molar refractivity (Wildman–Crippen MR) is 129 cm³/mol. The minimum absolute atomic E-state index is 0.121. The van der Waals surface area contributed by atoms with E-state index in [4.69, 9.17) is 21.1 Å². The minimum Gasteiger partial charge on any atom is -0.497 e. The van der Waals surface area contributed by atoms with Crippen molar-refractivity contribution in [1.29, 1.82) is 0 Å². The van der Waals surface area contributed by atoms with Crippen molar-refractivity contribution < 1.29 is 28.2 Å². The van der Waals surface area contributed by atoms with Gasteiger partial charge in [0.1, 0.15) is 17.3 Å². The Labute approximate surface area is 204 Å². The molecule has 180 valence electrons. The molecule has 0 saturated heterocycles. The number of hydrogen-bond acceptors (Lipinski definition) is 6. The molecule has 0 heterocycles. The second-order valence-corrected chi connectivity index (χ2v) is 7.30. The molecule has 9 nitrogen and oxygen atoms in total. The summed E-state index contributed by atoms with van der Waals surface area (Å²) in [5.41, 5.74) is 3.26. The molecule has 0 radical (unpaired) electrons. The third kappa shape index (κ3) is 7.54. The van der Waals surface area contributed by atoms with Crippen molar-refractivity contribution in [2.75, 3.05) is 24.4 Å². The highest BCUT2D eigenvalue weighted by atomic mass is 35.5. The molecule has 0 atom stereocenters. The fourth-order valence-electron chi connectivity index (χ4n) is 2.73. The molecule has 0 spiro atoms. The van der Waals surface area contributed by atoms with Crippen LogP contribution in [0.5, 0.6) is 11.5 Å². The maximum atomic E-state index is 13.2. The van der Waals surface area contributed by atoms with Gasteiger partial charge in [0, 0.05) is 23.0 Å². The largest absolute Gasteiger partial charge is 0.497 e. The molecule has 3 rings (SSSR count). The number of hydrogen-bond donors (Lipinski definition) is 3. The normalized spacial score (nSPS) is 10.5. The van der Waals surface area contributed by atoms with Crippen molar-refractivity contribution in [3.8, 4) is 11.5 Å². The standard InChI is InChI=1S/C24H20ClFN4O5/c1-34-18-7-4-6-16(11-18)29-23(32)24(33)30-27-13-15-5-2-3-8-21(15)35-14-22(31)28-17-9-10-20(26)19(25)12-17/h2-13H,14H2,1H3,(H,28,31)(H,29,32)(H,30,33)/b27-13-. The molecular weight excluding hydrogens is 479 g/mol. The Morgan fingerprint density at radius 2 is 1.74 bits per heavy atom. The predicted octanol–water partition coefficient (Wildman–Crippen LogP) is 3.59. The van der Waals surface area contributed by atoms with Crippen molar-refractivity contribution in [2.45, 2.75) is 0 Å². The number of methoxy groups -OCH3 is 1. The molecular formula is C24H20ClFN4O5. The number of anilines is 2. The van der Waals surface area contributed by atoms with Crippen LogP contribution in [0.4, 0.5) is 15.8 Å². The van der Waals surface area contributed by atoms with E-state index >= 15 is 0 Å². The molecule has 0 bridgehead atoms. The Bertz CT molecular complexity index is 1270. The Hall–Kier alpha value is -4.44. The quantitative estimate of drug-likeness (QED) is 0.249. The van der Waals surface area contributed by atoms with Crippen LogP contribution in [-0.2, 0) is 14.4 Å². The maximum absolute atomic E-state index is 13.2. The molecule has 3 aromatic carbocycles. The first-order chi connectivity index (χ1) is 16.9. The topological polar surface area (TPSA) is 118 Å². The first kappa shape index (κ1) is 25.2. The Balaban J connectivity index is 1.53. The third-order valence-corrected chi connectivity index (χ3v) is 4.67. The van der Waals surface area contributed by atoms with Gasteiger partial charge < -0.3 is 20.1 Å². The molecule has 0 aliphatic heterocycles. The van der Waals surface area contributed by atoms with Gasteiger partial charge in [0.15, 0.2) is 6.61 Å². The Morgan fingerprint density at radius 1 is 0.971 bits per heavy atom. The summed E-state index contributed by atoms with van der Waals surface area (Å²) >= 11 is 5.70. The fourth-order valence-corrected chi connectivity index (χ4v) is 2.91. The first-order valence-corrected chi connectivity index (χ1v) is 10.5. The monoisotopic (exact) mass is 498 g/mol. The van der Waals surface area contributed by atoms with Crippen molar-refractivity contribution >= 4 is 46.9 Å². The molecule has 0 aromatic heterocycles. The van der Waals surface area contributed by atoms with Gasteiger partial charge >= 0.3 is 11.8 Å². The van der Waals surface area contributed by atoms with Gasteiger partial charge in [0.05, 0.1) is 18.3 Å². The van der Waals surface area contributed by atoms with Gasteiger partial charge in [-0.3, -0.25) is 14.4 Å². The lowest BCUT2D eigenvalue weighted by atomic mass is 10.2. The number of nitrogens with zero attached hydrogens (tertiary/aromatic N) is 1. The van der Waals surface area contributed by atoms with Gasteiger partial charge in [0.25, 0.3) is 5.91 Å². The molecule has 0 fully saturated rings. The van der Waals surface area contributed by atoms with Crippen molar-refractivity contribution in [3.05, 3.63) is 83.1 Å². The van der Waals surface area contributed by atoms with Crippen LogP contribution in [0.1, 0.15) is 5.56 Å². The second kappa shape index (κ2) is 12.1. The lowest BCUT2D eigenvalue weighted by Gasteiger charge is -2.10. The average Bonchev–Trinajstić information content (AvgIpc) is 2.85. The molecule has 0 unspecified atom stereocenters. The highest BCUT2D eigenvalue weighted by Crippen LogP contribution is 2.20. The molecule has 3 amide bonds. The first-order valence-electron chi connectivity index (χ1n) is 10.1. The van der Waals surface area contributed by atoms with Crippen molar-refractivity contribution in [2.24, 2.45) is 5.10 Å². The minimum atomic E-state index is -0.986. The number of rotatable bonds is 8. The summed E-state index contributed by atoms with van der Waals surface area (Å²) in [6, 6.07) is 16.9. The number of benzene rings is 3. The summed E-state index contributed by atoms with van der Waals surface area (Å²) in [7, 11) is 1.48. The van der Waals surface area contributed by atoms with E-state index in [1.807, 2.05) is 0 Å². The van der Waals surface area contributed by atoms with Crippen LogP contribution in [0, 0.1) is 5.82 Å². The molecule has 0 aliphatic rings. The van der Waals surface area contributed by atoms with Gasteiger partial charge in [-0.2, -0.15) is 5.10 Å². The highest BCUT2D eigenvalue weighted by Gasteiger charge is 2.13. The molecule has 35 heavy (non-hydrogen) atoms. The zero-order valence-electron chi connectivity index (χ0n) is 18.4. The lowest BCUT2D eigenvalue weighted by molar-refractivity contribution is -0.136. The SMILES string of the molecule is COc1cccc(NC(=O)C(=O)N/N=C\c2ccccc2OCC(=O)Nc2ccc(F)c(Cl)c2)c1. The summed E-state index contributed by atoms with van der Waals surface area (Å²) < 4.78 is 23.8. The zero-order valence-corrected chi connectivity index (χ0v) is 19.1. The van der Waals surface area contributed by atoms with E-state index < -0.39 is 23.5 Å². The van der Waals surface area contributed by atoms with Crippen molar-refractivity contribution in [1.82, 2.24) is 5.43 Å². The fraction of sp³-hybridized carbons (Fsp3) is 0.0833. The molecule has 11 heteroatoms. The number of amides is 3. The number of hydrazone groups is 1. The lowest BCUT2D eigenvalue weighted by Crippen LogP contribution is -2.32. The molecule has 3 aromatic rings. The number of halogens is 2. The summed E-state index contributed by atoms with van der Waals surface area (Å²) in [4.78, 5) is 36.2. The van der Waals surface area contributed by atoms with Crippen LogP contribution in [0.2, 0.25) is 5.02 Å². The number of carbonyl (C=O) groups excluding carboxylic acids is 3. The number of para-hydroxylation sites is 1. The van der Waals surface area contributed by atoms with E-state index in [1.54, 1.807) is 48.5 Å². The summed E-state index contributed by atoms with van der Waals surface area (Å²) in [6.07, 6.45) is 1.27. The number of nitrogens with one attached hydrogen (secondary N) is 3. The number of carbonyl (C=O) groups is 3. The summed E-state index contributed by atoms with van der Waals surface area (Å²) in [5.74, 6) is -2.18. The number of ether oxygens (including phenoxy) is 2. The van der Waals surface area contributed by atoms with Crippen LogP contribution in [-0.4, -0.2) is 37.7 Å². The van der Waals surface area contributed by atoms with Gasteiger partial charge in [-0.05, 0) is 42.5 Å². The Morgan fingerprint density at radius 3 is 2.51 bits per heavy atom. The van der Waals surface area contributed by atoms with Gasteiger partial charge in [-0.15, -0.1) is 0 Å². The van der Waals surface area contributed by atoms with Crippen molar-refractivity contribution in [3.63, 3.8) is 0 Å². The van der Waals surface area contributed by atoms with E-state index in [9.17, 15) is 18.8 Å². The van der Waals surface area contributed by atoms with E-state index in [-0.39, 0.29) is 11.6 Å². The van der Waals surface area contributed by atoms with Gasteiger partial charge in [-0.25, -0.2) is 9.82 Å². The van der Waals surface area contributed by atoms with E-state index in [2.05, 4.69) is 21.2 Å². The third-order valence-electron chi connectivity index (χ3n) is 4.38. The van der Waals surface area contributed by atoms with Crippen LogP contribution in [0.3, 0.4) is 0 Å². The van der Waals surface area contributed by atoms with Crippen LogP contribution in [0.15, 0.2) is 71.8 Å². The average molecular weight is 499 g/mol. The summed E-state index contributed by atoms with van der Waals surface area (Å²) in [5, 5.41) is 8.62. The van der Waals surface area contributed by atoms with E-state index in [1.165, 1.54) is 25.5 Å². The zero-order chi connectivity index (χ0) is 25.2. The Kier molecular flexibility index (Phi) is 8.74. The molecule has 0 aliphatic carbocycles. The van der Waals surface area contributed by atoms with E-state index in [0.717, 1.165) is 6.07 Å².